The fourth-order valence-corrected chi connectivity index (χ4v) is 4.16. The van der Waals surface area contributed by atoms with Crippen molar-refractivity contribution in [3.8, 4) is 11.5 Å². The predicted molar refractivity (Wildman–Crippen MR) is 118 cm³/mol. The summed E-state index contributed by atoms with van der Waals surface area (Å²) in [6.45, 7) is 0.870. The second-order valence-electron chi connectivity index (χ2n) is 7.88. The Morgan fingerprint density at radius 3 is 2.34 bits per heavy atom. The van der Waals surface area contributed by atoms with Gasteiger partial charge in [-0.15, -0.1) is 0 Å². The SMILES string of the molecule is O=C(CCCN1C(=O)c2cccc3cccc(c23)C1=O)NC[C@@H]1COc2ccccc2O1. The van der Waals surface area contributed by atoms with E-state index in [1.54, 1.807) is 12.1 Å². The molecule has 1 atom stereocenters. The third-order valence-corrected chi connectivity index (χ3v) is 5.74. The van der Waals surface area contributed by atoms with Gasteiger partial charge in [0.15, 0.2) is 11.5 Å². The summed E-state index contributed by atoms with van der Waals surface area (Å²) in [6, 6.07) is 18.3. The number of fused-ring (bicyclic) bond motifs is 1. The third-order valence-electron chi connectivity index (χ3n) is 5.74. The number of ether oxygens (including phenoxy) is 2. The fraction of sp³-hybridized carbons (Fsp3) is 0.240. The van der Waals surface area contributed by atoms with Crippen molar-refractivity contribution in [2.24, 2.45) is 0 Å². The Kier molecular flexibility index (Phi) is 5.23. The molecular formula is C25H22N2O5. The van der Waals surface area contributed by atoms with Crippen molar-refractivity contribution >= 4 is 28.5 Å². The number of carbonyl (C=O) groups excluding carboxylic acids is 3. The Morgan fingerprint density at radius 1 is 0.938 bits per heavy atom. The standard InChI is InChI=1S/C25H22N2O5/c28-22(26-14-17-15-31-20-10-1-2-11-21(20)32-17)12-5-13-27-24(29)18-8-3-6-16-7-4-9-19(23(16)18)25(27)30/h1-4,6-11,17H,5,12-15H2,(H,26,28)/t17-/m1/s1. The molecule has 3 aromatic carbocycles. The molecule has 0 fully saturated rings. The largest absolute Gasteiger partial charge is 0.486 e. The highest BCUT2D eigenvalue weighted by atomic mass is 16.6. The Balaban J connectivity index is 1.14. The second-order valence-corrected chi connectivity index (χ2v) is 7.88. The number of nitrogens with one attached hydrogen (secondary N) is 1. The monoisotopic (exact) mass is 430 g/mol. The molecule has 1 N–H and O–H groups in total. The molecule has 3 aromatic rings. The van der Waals surface area contributed by atoms with E-state index in [-0.39, 0.29) is 36.8 Å². The van der Waals surface area contributed by atoms with Gasteiger partial charge in [0.1, 0.15) is 12.7 Å². The highest BCUT2D eigenvalue weighted by Crippen LogP contribution is 2.31. The Morgan fingerprint density at radius 2 is 1.62 bits per heavy atom. The van der Waals surface area contributed by atoms with Crippen LogP contribution in [0.4, 0.5) is 0 Å². The molecule has 162 valence electrons. The van der Waals surface area contributed by atoms with Crippen LogP contribution < -0.4 is 14.8 Å². The lowest BCUT2D eigenvalue weighted by molar-refractivity contribution is -0.121. The molecule has 0 unspecified atom stereocenters. The Hall–Kier alpha value is -3.87. The molecule has 0 aliphatic carbocycles. The molecule has 5 rings (SSSR count). The van der Waals surface area contributed by atoms with Gasteiger partial charge < -0.3 is 14.8 Å². The molecule has 7 nitrogen and oxygen atoms in total. The lowest BCUT2D eigenvalue weighted by Gasteiger charge is -2.27. The summed E-state index contributed by atoms with van der Waals surface area (Å²) in [5.74, 6) is 0.572. The van der Waals surface area contributed by atoms with Crippen LogP contribution in [-0.4, -0.2) is 48.4 Å². The molecule has 0 saturated carbocycles. The number of imide groups is 1. The summed E-state index contributed by atoms with van der Waals surface area (Å²) in [6.07, 6.45) is 0.315. The van der Waals surface area contributed by atoms with E-state index < -0.39 is 0 Å². The van der Waals surface area contributed by atoms with Crippen LogP contribution >= 0.6 is 0 Å². The first-order valence-corrected chi connectivity index (χ1v) is 10.6. The fourth-order valence-electron chi connectivity index (χ4n) is 4.16. The lowest BCUT2D eigenvalue weighted by Crippen LogP contribution is -2.42. The maximum absolute atomic E-state index is 12.9. The second kappa shape index (κ2) is 8.34. The van der Waals surface area contributed by atoms with E-state index in [9.17, 15) is 14.4 Å². The first-order valence-electron chi connectivity index (χ1n) is 10.6. The summed E-state index contributed by atoms with van der Waals surface area (Å²) in [7, 11) is 0. The minimum atomic E-state index is -0.314. The Labute approximate surface area is 184 Å². The van der Waals surface area contributed by atoms with Crippen LogP contribution in [-0.2, 0) is 4.79 Å². The topological polar surface area (TPSA) is 84.9 Å². The van der Waals surface area contributed by atoms with Crippen LogP contribution in [0.25, 0.3) is 10.8 Å². The molecule has 3 amide bonds. The molecule has 0 spiro atoms. The van der Waals surface area contributed by atoms with E-state index in [0.717, 1.165) is 5.39 Å². The first kappa shape index (κ1) is 20.1. The molecule has 2 aliphatic heterocycles. The van der Waals surface area contributed by atoms with Crippen LogP contribution in [0.3, 0.4) is 0 Å². The number of rotatable bonds is 6. The van der Waals surface area contributed by atoms with Crippen molar-refractivity contribution in [2.45, 2.75) is 18.9 Å². The number of benzene rings is 3. The molecule has 0 saturated heterocycles. The number of nitrogens with zero attached hydrogens (tertiary/aromatic N) is 1. The molecular weight excluding hydrogens is 408 g/mol. The maximum atomic E-state index is 12.9. The van der Waals surface area contributed by atoms with Gasteiger partial charge in [0.25, 0.3) is 11.8 Å². The molecule has 7 heteroatoms. The normalized spacial score (nSPS) is 16.9. The molecule has 0 bridgehead atoms. The van der Waals surface area contributed by atoms with Crippen molar-refractivity contribution < 1.29 is 23.9 Å². The minimum absolute atomic E-state index is 0.160. The van der Waals surface area contributed by atoms with Crippen molar-refractivity contribution in [1.82, 2.24) is 10.2 Å². The zero-order chi connectivity index (χ0) is 22.1. The molecule has 0 radical (unpaired) electrons. The smallest absolute Gasteiger partial charge is 0.261 e. The van der Waals surface area contributed by atoms with Gasteiger partial charge in [-0.25, -0.2) is 0 Å². The summed E-state index contributed by atoms with van der Waals surface area (Å²) in [4.78, 5) is 39.3. The first-order chi connectivity index (χ1) is 15.6. The van der Waals surface area contributed by atoms with Gasteiger partial charge in [-0.1, -0.05) is 36.4 Å². The van der Waals surface area contributed by atoms with Gasteiger partial charge in [-0.2, -0.15) is 0 Å². The van der Waals surface area contributed by atoms with Crippen molar-refractivity contribution in [1.29, 1.82) is 0 Å². The molecule has 2 heterocycles. The quantitative estimate of drug-likeness (QED) is 0.607. The van der Waals surface area contributed by atoms with E-state index in [2.05, 4.69) is 5.32 Å². The van der Waals surface area contributed by atoms with Crippen LogP contribution in [0.15, 0.2) is 60.7 Å². The molecule has 2 aliphatic rings. The average Bonchev–Trinajstić information content (AvgIpc) is 2.83. The lowest BCUT2D eigenvalue weighted by atomic mass is 9.94. The zero-order valence-corrected chi connectivity index (χ0v) is 17.4. The summed E-state index contributed by atoms with van der Waals surface area (Å²) >= 11 is 0. The minimum Gasteiger partial charge on any atom is -0.486 e. The number of para-hydroxylation sites is 2. The third kappa shape index (κ3) is 3.66. The van der Waals surface area contributed by atoms with Gasteiger partial charge >= 0.3 is 0 Å². The van der Waals surface area contributed by atoms with Gasteiger partial charge in [-0.3, -0.25) is 19.3 Å². The van der Waals surface area contributed by atoms with E-state index in [4.69, 9.17) is 9.47 Å². The van der Waals surface area contributed by atoms with E-state index >= 15 is 0 Å². The van der Waals surface area contributed by atoms with Crippen LogP contribution in [0, 0.1) is 0 Å². The van der Waals surface area contributed by atoms with E-state index in [1.807, 2.05) is 48.5 Å². The van der Waals surface area contributed by atoms with Crippen LogP contribution in [0.2, 0.25) is 0 Å². The van der Waals surface area contributed by atoms with Gasteiger partial charge in [0, 0.05) is 29.5 Å². The van der Waals surface area contributed by atoms with E-state index in [1.165, 1.54) is 4.90 Å². The molecule has 32 heavy (non-hydrogen) atoms. The van der Waals surface area contributed by atoms with Crippen molar-refractivity contribution in [3.05, 3.63) is 71.8 Å². The van der Waals surface area contributed by atoms with Gasteiger partial charge in [-0.05, 0) is 36.1 Å². The average molecular weight is 430 g/mol. The maximum Gasteiger partial charge on any atom is 0.261 e. The van der Waals surface area contributed by atoms with Gasteiger partial charge in [0.2, 0.25) is 5.91 Å². The number of carbonyl (C=O) groups is 3. The van der Waals surface area contributed by atoms with E-state index in [0.29, 0.717) is 47.6 Å². The number of hydrogen-bond acceptors (Lipinski definition) is 5. The summed E-state index contributed by atoms with van der Waals surface area (Å²) < 4.78 is 11.5. The predicted octanol–water partition coefficient (Wildman–Crippen LogP) is 3.17. The summed E-state index contributed by atoms with van der Waals surface area (Å²) in [5, 5.41) is 4.42. The van der Waals surface area contributed by atoms with Crippen molar-refractivity contribution in [2.75, 3.05) is 19.7 Å². The van der Waals surface area contributed by atoms with Crippen LogP contribution in [0.5, 0.6) is 11.5 Å². The number of amides is 3. The van der Waals surface area contributed by atoms with Crippen molar-refractivity contribution in [3.63, 3.8) is 0 Å². The summed E-state index contributed by atoms with van der Waals surface area (Å²) in [5.41, 5.74) is 1.05. The van der Waals surface area contributed by atoms with Gasteiger partial charge in [0.05, 0.1) is 6.54 Å². The number of hydrogen-bond donors (Lipinski definition) is 1. The highest BCUT2D eigenvalue weighted by Gasteiger charge is 2.32. The Bertz CT molecular complexity index is 1170. The highest BCUT2D eigenvalue weighted by molar-refractivity contribution is 6.25. The molecule has 0 aromatic heterocycles. The van der Waals surface area contributed by atoms with Crippen LogP contribution in [0.1, 0.15) is 33.6 Å². The zero-order valence-electron chi connectivity index (χ0n) is 17.4.